The maximum Gasteiger partial charge on any atom is 0.123 e. The summed E-state index contributed by atoms with van der Waals surface area (Å²) in [5.74, 6) is -0.206. The molecule has 2 rings (SSSR count). The summed E-state index contributed by atoms with van der Waals surface area (Å²) >= 11 is 6.44. The molecule has 0 aliphatic heterocycles. The van der Waals surface area contributed by atoms with E-state index in [9.17, 15) is 4.39 Å². The fourth-order valence-electron chi connectivity index (χ4n) is 2.53. The molecule has 0 amide bonds. The fourth-order valence-corrected chi connectivity index (χ4v) is 2.83. The molecule has 0 heterocycles. The molecule has 0 spiro atoms. The zero-order valence-corrected chi connectivity index (χ0v) is 13.7. The van der Waals surface area contributed by atoms with Crippen LogP contribution in [0.4, 0.5) is 4.39 Å². The summed E-state index contributed by atoms with van der Waals surface area (Å²) < 4.78 is 13.4. The van der Waals surface area contributed by atoms with E-state index in [1.807, 2.05) is 26.0 Å². The lowest BCUT2D eigenvalue weighted by atomic mass is 9.95. The molecule has 1 nitrogen and oxygen atoms in total. The van der Waals surface area contributed by atoms with Crippen LogP contribution >= 0.6 is 11.6 Å². The van der Waals surface area contributed by atoms with Crippen molar-refractivity contribution < 1.29 is 4.39 Å². The van der Waals surface area contributed by atoms with E-state index in [4.69, 9.17) is 11.6 Å². The van der Waals surface area contributed by atoms with Crippen molar-refractivity contribution >= 4 is 11.6 Å². The Morgan fingerprint density at radius 3 is 2.24 bits per heavy atom. The number of hydrogen-bond donors (Lipinski definition) is 1. The van der Waals surface area contributed by atoms with Gasteiger partial charge < -0.3 is 5.32 Å². The number of halogens is 2. The Bertz CT molecular complexity index is 627. The molecular weight excluding hydrogens is 285 g/mol. The summed E-state index contributed by atoms with van der Waals surface area (Å²) in [6.45, 7) is 8.84. The van der Waals surface area contributed by atoms with Crippen molar-refractivity contribution in [1.82, 2.24) is 5.32 Å². The van der Waals surface area contributed by atoms with Gasteiger partial charge in [-0.25, -0.2) is 4.39 Å². The average molecular weight is 306 g/mol. The van der Waals surface area contributed by atoms with Gasteiger partial charge in [0.25, 0.3) is 0 Å². The Kier molecular flexibility index (Phi) is 5.02. The van der Waals surface area contributed by atoms with Crippen LogP contribution in [-0.2, 0) is 6.54 Å². The maximum absolute atomic E-state index is 13.4. The van der Waals surface area contributed by atoms with Gasteiger partial charge in [-0.3, -0.25) is 0 Å². The van der Waals surface area contributed by atoms with Gasteiger partial charge in [0.15, 0.2) is 0 Å². The topological polar surface area (TPSA) is 12.0 Å². The first-order valence-corrected chi connectivity index (χ1v) is 7.55. The van der Waals surface area contributed by atoms with Gasteiger partial charge in [-0.2, -0.15) is 0 Å². The summed E-state index contributed by atoms with van der Waals surface area (Å²) in [5, 5.41) is 4.07. The van der Waals surface area contributed by atoms with Crippen LogP contribution in [-0.4, -0.2) is 6.04 Å². The Hall–Kier alpha value is -1.38. The van der Waals surface area contributed by atoms with E-state index in [1.54, 1.807) is 12.1 Å². The molecule has 0 aliphatic rings. The highest BCUT2D eigenvalue weighted by Gasteiger charge is 2.11. The smallest absolute Gasteiger partial charge is 0.123 e. The van der Waals surface area contributed by atoms with Gasteiger partial charge in [-0.15, -0.1) is 0 Å². The van der Waals surface area contributed by atoms with Gasteiger partial charge >= 0.3 is 0 Å². The van der Waals surface area contributed by atoms with Gasteiger partial charge in [0, 0.05) is 23.2 Å². The van der Waals surface area contributed by atoms with Gasteiger partial charge in [0.2, 0.25) is 0 Å². The average Bonchev–Trinajstić information content (AvgIpc) is 2.37. The first kappa shape index (κ1) is 16.0. The highest BCUT2D eigenvalue weighted by Crippen LogP contribution is 2.34. The molecule has 0 fully saturated rings. The fraction of sp³-hybridized carbons (Fsp3) is 0.333. The SMILES string of the molecule is Cc1cc(F)cc(C)c1-c1ccc(CNC(C)C)cc1Cl. The summed E-state index contributed by atoms with van der Waals surface area (Å²) in [4.78, 5) is 0. The molecule has 0 radical (unpaired) electrons. The second-order valence-electron chi connectivity index (χ2n) is 5.76. The minimum Gasteiger partial charge on any atom is -0.310 e. The third-order valence-corrected chi connectivity index (χ3v) is 3.83. The summed E-state index contributed by atoms with van der Waals surface area (Å²) in [7, 11) is 0. The van der Waals surface area contributed by atoms with Crippen molar-refractivity contribution in [3.63, 3.8) is 0 Å². The van der Waals surface area contributed by atoms with E-state index in [0.717, 1.165) is 34.4 Å². The van der Waals surface area contributed by atoms with E-state index in [0.29, 0.717) is 11.1 Å². The number of rotatable bonds is 4. The summed E-state index contributed by atoms with van der Waals surface area (Å²) in [5.41, 5.74) is 4.93. The van der Waals surface area contributed by atoms with E-state index in [1.165, 1.54) is 0 Å². The quantitative estimate of drug-likeness (QED) is 0.812. The lowest BCUT2D eigenvalue weighted by molar-refractivity contribution is 0.589. The van der Waals surface area contributed by atoms with Crippen molar-refractivity contribution in [2.75, 3.05) is 0 Å². The van der Waals surface area contributed by atoms with Crippen molar-refractivity contribution in [1.29, 1.82) is 0 Å². The van der Waals surface area contributed by atoms with Crippen LogP contribution in [0.1, 0.15) is 30.5 Å². The number of nitrogens with one attached hydrogen (secondary N) is 1. The van der Waals surface area contributed by atoms with Crippen LogP contribution in [0.25, 0.3) is 11.1 Å². The van der Waals surface area contributed by atoms with Crippen molar-refractivity contribution in [2.45, 2.75) is 40.3 Å². The zero-order valence-electron chi connectivity index (χ0n) is 12.9. The third-order valence-electron chi connectivity index (χ3n) is 3.51. The lowest BCUT2D eigenvalue weighted by Gasteiger charge is -2.14. The van der Waals surface area contributed by atoms with Crippen LogP contribution < -0.4 is 5.32 Å². The first-order chi connectivity index (χ1) is 9.88. The summed E-state index contributed by atoms with van der Waals surface area (Å²) in [6.07, 6.45) is 0. The van der Waals surface area contributed by atoms with E-state index in [2.05, 4.69) is 25.2 Å². The van der Waals surface area contributed by atoms with Crippen molar-refractivity contribution in [3.05, 3.63) is 57.9 Å². The molecule has 21 heavy (non-hydrogen) atoms. The molecule has 0 atom stereocenters. The van der Waals surface area contributed by atoms with Crippen LogP contribution in [0.2, 0.25) is 5.02 Å². The number of hydrogen-bond acceptors (Lipinski definition) is 1. The maximum atomic E-state index is 13.4. The van der Waals surface area contributed by atoms with E-state index in [-0.39, 0.29) is 5.82 Å². The van der Waals surface area contributed by atoms with Crippen molar-refractivity contribution in [2.24, 2.45) is 0 Å². The minimum atomic E-state index is -0.206. The van der Waals surface area contributed by atoms with E-state index < -0.39 is 0 Å². The Morgan fingerprint density at radius 2 is 1.71 bits per heavy atom. The molecular formula is C18H21ClFN. The highest BCUT2D eigenvalue weighted by atomic mass is 35.5. The van der Waals surface area contributed by atoms with Crippen LogP contribution in [0.5, 0.6) is 0 Å². The molecule has 0 unspecified atom stereocenters. The Morgan fingerprint density at radius 1 is 1.10 bits per heavy atom. The van der Waals surface area contributed by atoms with Gasteiger partial charge in [0.1, 0.15) is 5.82 Å². The molecule has 3 heteroatoms. The second kappa shape index (κ2) is 6.59. The second-order valence-corrected chi connectivity index (χ2v) is 6.17. The largest absolute Gasteiger partial charge is 0.310 e. The number of benzene rings is 2. The zero-order chi connectivity index (χ0) is 15.6. The predicted octanol–water partition coefficient (Wildman–Crippen LogP) is 5.26. The predicted molar refractivity (Wildman–Crippen MR) is 88.3 cm³/mol. The normalized spacial score (nSPS) is 11.2. The molecule has 2 aromatic carbocycles. The number of aryl methyl sites for hydroxylation is 2. The molecule has 0 aliphatic carbocycles. The first-order valence-electron chi connectivity index (χ1n) is 7.17. The third kappa shape index (κ3) is 3.84. The molecule has 112 valence electrons. The Balaban J connectivity index is 2.38. The van der Waals surface area contributed by atoms with Crippen molar-refractivity contribution in [3.8, 4) is 11.1 Å². The van der Waals surface area contributed by atoms with Crippen LogP contribution in [0.3, 0.4) is 0 Å². The Labute approximate surface area is 131 Å². The standard InChI is InChI=1S/C18H21ClFN/c1-11(2)21-10-14-5-6-16(17(19)9-14)18-12(3)7-15(20)8-13(18)4/h5-9,11,21H,10H2,1-4H3. The molecule has 1 N–H and O–H groups in total. The van der Waals surface area contributed by atoms with Gasteiger partial charge in [-0.1, -0.05) is 37.6 Å². The lowest BCUT2D eigenvalue weighted by Crippen LogP contribution is -2.21. The van der Waals surface area contributed by atoms with Gasteiger partial charge in [-0.05, 0) is 54.3 Å². The molecule has 0 aromatic heterocycles. The monoisotopic (exact) mass is 305 g/mol. The molecule has 0 saturated carbocycles. The van der Waals surface area contributed by atoms with Gasteiger partial charge in [0.05, 0.1) is 0 Å². The highest BCUT2D eigenvalue weighted by molar-refractivity contribution is 6.33. The molecule has 2 aromatic rings. The van der Waals surface area contributed by atoms with Crippen LogP contribution in [0.15, 0.2) is 30.3 Å². The molecule has 0 saturated heterocycles. The summed E-state index contributed by atoms with van der Waals surface area (Å²) in [6, 6.07) is 9.60. The minimum absolute atomic E-state index is 0.206. The van der Waals surface area contributed by atoms with E-state index >= 15 is 0 Å². The molecule has 0 bridgehead atoms. The van der Waals surface area contributed by atoms with Crippen LogP contribution in [0, 0.1) is 19.7 Å².